The van der Waals surface area contributed by atoms with Crippen molar-refractivity contribution in [1.82, 2.24) is 14.8 Å². The van der Waals surface area contributed by atoms with Crippen LogP contribution in [0.1, 0.15) is 55.4 Å². The second-order valence-corrected chi connectivity index (χ2v) is 7.35. The second-order valence-electron chi connectivity index (χ2n) is 7.35. The number of aryl methyl sites for hydroxylation is 1. The number of imide groups is 1. The molecule has 0 radical (unpaired) electrons. The van der Waals surface area contributed by atoms with Crippen molar-refractivity contribution in [3.63, 3.8) is 0 Å². The summed E-state index contributed by atoms with van der Waals surface area (Å²) in [7, 11) is 1.89. The lowest BCUT2D eigenvalue weighted by molar-refractivity contribution is -0.130. The molecule has 3 amide bonds. The molecular formula is C18H27N3O3. The molecule has 0 bridgehead atoms. The third kappa shape index (κ3) is 3.23. The van der Waals surface area contributed by atoms with Crippen molar-refractivity contribution in [3.05, 3.63) is 23.0 Å². The molecule has 6 heteroatoms. The molecule has 2 heterocycles. The fraction of sp³-hybridized carbons (Fsp3) is 0.611. The van der Waals surface area contributed by atoms with Gasteiger partial charge in [0.25, 0.3) is 5.91 Å². The number of Topliss-reactive ketones (excluding diaryl/α,β-unsaturated/α-hetero) is 1. The minimum absolute atomic E-state index is 0.215. The Hall–Kier alpha value is -2.11. The fourth-order valence-electron chi connectivity index (χ4n) is 3.00. The third-order valence-electron chi connectivity index (χ3n) is 4.94. The van der Waals surface area contributed by atoms with E-state index < -0.39 is 11.6 Å². The Labute approximate surface area is 143 Å². The molecule has 0 spiro atoms. The average molecular weight is 333 g/mol. The number of hydrogen-bond acceptors (Lipinski definition) is 3. The van der Waals surface area contributed by atoms with Crippen molar-refractivity contribution in [2.45, 2.75) is 53.0 Å². The lowest BCUT2D eigenvalue weighted by atomic mass is 9.92. The highest BCUT2D eigenvalue weighted by Crippen LogP contribution is 2.25. The number of aromatic nitrogens is 1. The Balaban J connectivity index is 2.15. The van der Waals surface area contributed by atoms with Crippen LogP contribution < -0.4 is 5.32 Å². The Morgan fingerprint density at radius 2 is 1.92 bits per heavy atom. The van der Waals surface area contributed by atoms with E-state index in [1.165, 1.54) is 0 Å². The lowest BCUT2D eigenvalue weighted by Gasteiger charge is -2.22. The molecule has 132 valence electrons. The Morgan fingerprint density at radius 1 is 1.29 bits per heavy atom. The van der Waals surface area contributed by atoms with Gasteiger partial charge in [-0.25, -0.2) is 4.79 Å². The van der Waals surface area contributed by atoms with Crippen molar-refractivity contribution in [2.75, 3.05) is 6.54 Å². The zero-order valence-electron chi connectivity index (χ0n) is 15.4. The number of carbonyl (C=O) groups is 3. The maximum atomic E-state index is 12.7. The Kier molecular flexibility index (Phi) is 4.87. The van der Waals surface area contributed by atoms with Crippen LogP contribution in [0.3, 0.4) is 0 Å². The van der Waals surface area contributed by atoms with E-state index in [0.717, 1.165) is 22.7 Å². The maximum absolute atomic E-state index is 12.7. The second kappa shape index (κ2) is 6.42. The summed E-state index contributed by atoms with van der Waals surface area (Å²) in [4.78, 5) is 38.5. The first-order chi connectivity index (χ1) is 11.1. The molecule has 1 aliphatic rings. The molecule has 1 aliphatic heterocycles. The van der Waals surface area contributed by atoms with Gasteiger partial charge in [0.05, 0.1) is 6.54 Å². The highest BCUT2D eigenvalue weighted by molar-refractivity contribution is 6.11. The number of ketones is 1. The molecule has 6 nitrogen and oxygen atoms in total. The van der Waals surface area contributed by atoms with Crippen LogP contribution in [0.15, 0.2) is 6.07 Å². The summed E-state index contributed by atoms with van der Waals surface area (Å²) in [6.07, 6.45) is 1.41. The third-order valence-corrected chi connectivity index (χ3v) is 4.94. The van der Waals surface area contributed by atoms with E-state index in [1.54, 1.807) is 13.0 Å². The fourth-order valence-corrected chi connectivity index (χ4v) is 3.00. The summed E-state index contributed by atoms with van der Waals surface area (Å²) >= 11 is 0. The highest BCUT2D eigenvalue weighted by Gasteiger charge is 2.47. The van der Waals surface area contributed by atoms with Gasteiger partial charge in [0.15, 0.2) is 5.78 Å². The van der Waals surface area contributed by atoms with Gasteiger partial charge in [-0.15, -0.1) is 0 Å². The number of nitrogens with one attached hydrogen (secondary N) is 1. The first kappa shape index (κ1) is 18.2. The summed E-state index contributed by atoms with van der Waals surface area (Å²) in [5.74, 6) is -0.0863. The van der Waals surface area contributed by atoms with E-state index >= 15 is 0 Å². The van der Waals surface area contributed by atoms with Gasteiger partial charge in [-0.1, -0.05) is 13.8 Å². The van der Waals surface area contributed by atoms with Gasteiger partial charge < -0.3 is 9.88 Å². The van der Waals surface area contributed by atoms with Crippen molar-refractivity contribution < 1.29 is 14.4 Å². The molecule has 24 heavy (non-hydrogen) atoms. The average Bonchev–Trinajstić information content (AvgIpc) is 2.88. The molecule has 1 fully saturated rings. The number of amides is 3. The summed E-state index contributed by atoms with van der Waals surface area (Å²) < 4.78 is 1.92. The van der Waals surface area contributed by atoms with Crippen molar-refractivity contribution >= 4 is 17.7 Å². The van der Waals surface area contributed by atoms with Crippen LogP contribution in [-0.4, -0.2) is 39.3 Å². The number of nitrogens with zero attached hydrogens (tertiary/aromatic N) is 2. The first-order valence-electron chi connectivity index (χ1n) is 8.37. The van der Waals surface area contributed by atoms with E-state index in [0.29, 0.717) is 17.9 Å². The molecule has 1 saturated heterocycles. The Morgan fingerprint density at radius 3 is 2.42 bits per heavy atom. The normalized spacial score (nSPS) is 20.9. The highest BCUT2D eigenvalue weighted by atomic mass is 16.2. The van der Waals surface area contributed by atoms with Crippen LogP contribution in [0.4, 0.5) is 4.79 Å². The number of urea groups is 1. The van der Waals surface area contributed by atoms with Gasteiger partial charge in [-0.2, -0.15) is 0 Å². The van der Waals surface area contributed by atoms with Crippen LogP contribution in [0.2, 0.25) is 0 Å². The molecule has 1 N–H and O–H groups in total. The van der Waals surface area contributed by atoms with Crippen molar-refractivity contribution in [2.24, 2.45) is 13.0 Å². The van der Waals surface area contributed by atoms with Crippen molar-refractivity contribution in [1.29, 1.82) is 0 Å². The minimum Gasteiger partial charge on any atom is -0.351 e. The van der Waals surface area contributed by atoms with Gasteiger partial charge >= 0.3 is 6.03 Å². The summed E-state index contributed by atoms with van der Waals surface area (Å²) in [6.45, 7) is 9.45. The van der Waals surface area contributed by atoms with Gasteiger partial charge in [0.1, 0.15) is 5.54 Å². The molecular weight excluding hydrogens is 306 g/mol. The first-order valence-corrected chi connectivity index (χ1v) is 8.37. The lowest BCUT2D eigenvalue weighted by Crippen LogP contribution is -2.44. The topological polar surface area (TPSA) is 71.4 Å². The standard InChI is InChI=1S/C18H27N3O3/c1-11(2)7-8-18(5)16(23)21(17(24)19-18)10-15(22)14-9-12(3)20(6)13(14)4/h9,11H,7-8,10H2,1-6H3,(H,19,24)/t18-/m0/s1. The summed E-state index contributed by atoms with van der Waals surface area (Å²) in [5, 5.41) is 2.75. The van der Waals surface area contributed by atoms with Crippen LogP contribution in [-0.2, 0) is 11.8 Å². The molecule has 0 saturated carbocycles. The zero-order valence-corrected chi connectivity index (χ0v) is 15.4. The van der Waals surface area contributed by atoms with Gasteiger partial charge in [0, 0.05) is 24.0 Å². The monoisotopic (exact) mass is 333 g/mol. The number of carbonyl (C=O) groups excluding carboxylic acids is 3. The number of rotatable bonds is 6. The van der Waals surface area contributed by atoms with Crippen LogP contribution >= 0.6 is 0 Å². The van der Waals surface area contributed by atoms with E-state index in [9.17, 15) is 14.4 Å². The van der Waals surface area contributed by atoms with E-state index in [2.05, 4.69) is 19.2 Å². The largest absolute Gasteiger partial charge is 0.351 e. The maximum Gasteiger partial charge on any atom is 0.325 e. The SMILES string of the molecule is Cc1cc(C(=O)CN2C(=O)N[C@@](C)(CCC(C)C)C2=O)c(C)n1C. The molecule has 0 aliphatic carbocycles. The molecule has 2 rings (SSSR count). The van der Waals surface area contributed by atoms with E-state index in [-0.39, 0.29) is 18.2 Å². The molecule has 1 atom stereocenters. The van der Waals surface area contributed by atoms with Crippen LogP contribution in [0.5, 0.6) is 0 Å². The smallest absolute Gasteiger partial charge is 0.325 e. The molecule has 1 aromatic heterocycles. The molecule has 1 aromatic rings. The molecule has 0 aromatic carbocycles. The number of hydrogen-bond donors (Lipinski definition) is 1. The zero-order chi connectivity index (χ0) is 18.2. The molecule has 0 unspecified atom stereocenters. The quantitative estimate of drug-likeness (QED) is 0.642. The van der Waals surface area contributed by atoms with Gasteiger partial charge in [-0.05, 0) is 45.6 Å². The summed E-state index contributed by atoms with van der Waals surface area (Å²) in [6, 6.07) is 1.32. The predicted octanol–water partition coefficient (Wildman–Crippen LogP) is 2.57. The predicted molar refractivity (Wildman–Crippen MR) is 91.9 cm³/mol. The van der Waals surface area contributed by atoms with Crippen molar-refractivity contribution in [3.8, 4) is 0 Å². The Bertz CT molecular complexity index is 690. The van der Waals surface area contributed by atoms with Gasteiger partial charge in [0.2, 0.25) is 0 Å². The van der Waals surface area contributed by atoms with Crippen LogP contribution in [0.25, 0.3) is 0 Å². The van der Waals surface area contributed by atoms with Crippen LogP contribution in [0, 0.1) is 19.8 Å². The summed E-state index contributed by atoms with van der Waals surface area (Å²) in [5.41, 5.74) is 1.46. The minimum atomic E-state index is -0.913. The van der Waals surface area contributed by atoms with Gasteiger partial charge in [-0.3, -0.25) is 14.5 Å². The van der Waals surface area contributed by atoms with E-state index in [4.69, 9.17) is 0 Å². The van der Waals surface area contributed by atoms with E-state index in [1.807, 2.05) is 25.5 Å².